The van der Waals surface area contributed by atoms with Crippen LogP contribution in [0.2, 0.25) is 5.02 Å². The molecule has 4 aliphatic rings. The van der Waals surface area contributed by atoms with Gasteiger partial charge in [0.2, 0.25) is 11.8 Å². The summed E-state index contributed by atoms with van der Waals surface area (Å²) in [7, 11) is 0. The van der Waals surface area contributed by atoms with Gasteiger partial charge in [-0.1, -0.05) is 115 Å². The zero-order chi connectivity index (χ0) is 34.0. The number of phenolic OH excluding ortho intramolecular Hbond substituents is 1. The first-order valence-corrected chi connectivity index (χ1v) is 16.8. The fourth-order valence-corrected chi connectivity index (χ4v) is 9.27. The molecule has 1 heterocycles. The molecule has 2 fully saturated rings. The second-order valence-corrected chi connectivity index (χ2v) is 13.7. The first-order valence-electron chi connectivity index (χ1n) is 16.5. The van der Waals surface area contributed by atoms with E-state index in [4.69, 9.17) is 11.6 Å². The molecule has 6 nitrogen and oxygen atoms in total. The third kappa shape index (κ3) is 4.54. The number of benzene rings is 4. The number of aromatic hydroxyl groups is 1. The number of rotatable bonds is 5. The zero-order valence-corrected chi connectivity index (χ0v) is 27.2. The van der Waals surface area contributed by atoms with Crippen molar-refractivity contribution in [3.8, 4) is 5.75 Å². The maximum atomic E-state index is 15.1. The van der Waals surface area contributed by atoms with E-state index in [0.717, 1.165) is 11.1 Å². The topological polar surface area (TPSA) is 91.8 Å². The van der Waals surface area contributed by atoms with E-state index >= 15 is 4.79 Å². The zero-order valence-electron chi connectivity index (χ0n) is 26.5. The van der Waals surface area contributed by atoms with E-state index in [2.05, 4.69) is 6.58 Å². The van der Waals surface area contributed by atoms with Crippen molar-refractivity contribution in [1.29, 1.82) is 0 Å². The molecule has 2 amide bonds. The van der Waals surface area contributed by atoms with Crippen LogP contribution >= 0.6 is 11.6 Å². The summed E-state index contributed by atoms with van der Waals surface area (Å²) < 4.78 is 0. The van der Waals surface area contributed by atoms with Crippen LogP contribution in [0.5, 0.6) is 5.75 Å². The van der Waals surface area contributed by atoms with Gasteiger partial charge in [-0.25, -0.2) is 0 Å². The standard InChI is InChI=1S/C42H32ClNO5/c1-2-24-13-15-27(16-14-24)44-40(48)31-20-19-29-33(37(31)41(44)49)22-34-39(47)32(25-9-5-3-6-10-25)23-36(46)42(34,26-11-7-4-8-12-26)38(29)30-18-17-28(45)21-35(30)43/h2-19,21,23,31,33-34,37-38,45H,1,20,22H2/t31-,33+,34-,37-,38+,42-/m0/s1. The molecule has 1 saturated heterocycles. The Morgan fingerprint density at radius 1 is 0.837 bits per heavy atom. The molecular formula is C42H32ClNO5. The van der Waals surface area contributed by atoms with E-state index in [1.807, 2.05) is 78.9 Å². The Hall–Kier alpha value is -5.33. The maximum Gasteiger partial charge on any atom is 0.238 e. The fraction of sp³-hybridized carbons (Fsp3) is 0.190. The highest BCUT2D eigenvalue weighted by Gasteiger charge is 2.66. The number of Topliss-reactive ketones (excluding diaryl/α,β-unsaturated/α-hetero) is 1. The minimum Gasteiger partial charge on any atom is -0.508 e. The Kier molecular flexibility index (Phi) is 7.38. The van der Waals surface area contributed by atoms with Gasteiger partial charge in [-0.15, -0.1) is 0 Å². The Morgan fingerprint density at radius 3 is 2.20 bits per heavy atom. The number of amides is 2. The molecule has 0 unspecified atom stereocenters. The van der Waals surface area contributed by atoms with E-state index in [1.54, 1.807) is 24.3 Å². The van der Waals surface area contributed by atoms with Gasteiger partial charge >= 0.3 is 0 Å². The van der Waals surface area contributed by atoms with Crippen LogP contribution in [-0.4, -0.2) is 28.5 Å². The lowest BCUT2D eigenvalue weighted by atomic mass is 9.44. The normalized spacial score (nSPS) is 27.5. The minimum absolute atomic E-state index is 0.0314. The number of imide groups is 1. The van der Waals surface area contributed by atoms with Gasteiger partial charge in [-0.2, -0.15) is 0 Å². The summed E-state index contributed by atoms with van der Waals surface area (Å²) in [5.74, 6) is -4.51. The summed E-state index contributed by atoms with van der Waals surface area (Å²) in [6, 6.07) is 30.3. The van der Waals surface area contributed by atoms with Gasteiger partial charge in [0.05, 0.1) is 22.9 Å². The number of fused-ring (bicyclic) bond motifs is 4. The number of hydrogen-bond donors (Lipinski definition) is 1. The highest BCUT2D eigenvalue weighted by Crippen LogP contribution is 2.64. The summed E-state index contributed by atoms with van der Waals surface area (Å²) in [5, 5.41) is 10.6. The van der Waals surface area contributed by atoms with Crippen LogP contribution in [0, 0.1) is 23.7 Å². The number of anilines is 1. The van der Waals surface area contributed by atoms with Gasteiger partial charge < -0.3 is 5.11 Å². The molecule has 1 aliphatic heterocycles. The van der Waals surface area contributed by atoms with E-state index in [1.165, 1.54) is 23.1 Å². The van der Waals surface area contributed by atoms with Gasteiger partial charge in [0, 0.05) is 22.4 Å². The molecule has 0 bridgehead atoms. The van der Waals surface area contributed by atoms with Crippen molar-refractivity contribution in [3.63, 3.8) is 0 Å². The van der Waals surface area contributed by atoms with Crippen molar-refractivity contribution in [2.75, 3.05) is 4.90 Å². The van der Waals surface area contributed by atoms with E-state index in [9.17, 15) is 19.5 Å². The monoisotopic (exact) mass is 665 g/mol. The highest BCUT2D eigenvalue weighted by molar-refractivity contribution is 6.33. The van der Waals surface area contributed by atoms with Crippen molar-refractivity contribution in [2.45, 2.75) is 24.2 Å². The van der Waals surface area contributed by atoms with Crippen molar-refractivity contribution < 1.29 is 24.3 Å². The molecule has 0 aromatic heterocycles. The molecule has 8 rings (SSSR count). The van der Waals surface area contributed by atoms with Crippen LogP contribution in [0.25, 0.3) is 11.6 Å². The lowest BCUT2D eigenvalue weighted by Gasteiger charge is -2.55. The summed E-state index contributed by atoms with van der Waals surface area (Å²) in [5.41, 5.74) is 3.01. The minimum atomic E-state index is -1.39. The summed E-state index contributed by atoms with van der Waals surface area (Å²) in [6.07, 6.45) is 5.68. The predicted octanol–water partition coefficient (Wildman–Crippen LogP) is 7.72. The van der Waals surface area contributed by atoms with E-state index in [0.29, 0.717) is 34.4 Å². The van der Waals surface area contributed by atoms with Gasteiger partial charge in [-0.05, 0) is 71.4 Å². The summed E-state index contributed by atoms with van der Waals surface area (Å²) >= 11 is 6.94. The van der Waals surface area contributed by atoms with Crippen LogP contribution in [0.1, 0.15) is 41.0 Å². The Morgan fingerprint density at radius 2 is 1.53 bits per heavy atom. The van der Waals surface area contributed by atoms with Crippen LogP contribution in [0.4, 0.5) is 5.69 Å². The Labute approximate surface area is 289 Å². The van der Waals surface area contributed by atoms with Crippen LogP contribution in [-0.2, 0) is 24.6 Å². The number of nitrogens with zero attached hydrogens (tertiary/aromatic N) is 1. The Balaban J connectivity index is 1.35. The first-order chi connectivity index (χ1) is 23.7. The molecule has 49 heavy (non-hydrogen) atoms. The Bertz CT molecular complexity index is 2120. The highest BCUT2D eigenvalue weighted by atomic mass is 35.5. The molecule has 0 radical (unpaired) electrons. The fourth-order valence-electron chi connectivity index (χ4n) is 8.98. The van der Waals surface area contributed by atoms with E-state index in [-0.39, 0.29) is 40.6 Å². The SMILES string of the molecule is C=Cc1ccc(N2C(=O)[C@H]3[C@H](CC=C4[C@H]3C[C@H]3C(=O)C(c5ccccc5)=CC(=O)[C@@]3(c3ccccc3)[C@H]4c3ccc(O)cc3Cl)C2=O)cc1. The number of allylic oxidation sites excluding steroid dienone is 4. The molecule has 6 atom stereocenters. The molecule has 1 saturated carbocycles. The number of halogens is 1. The second-order valence-electron chi connectivity index (χ2n) is 13.3. The molecule has 1 N–H and O–H groups in total. The van der Waals surface area contributed by atoms with Crippen LogP contribution < -0.4 is 4.90 Å². The molecule has 4 aromatic carbocycles. The number of phenols is 1. The van der Waals surface area contributed by atoms with Crippen molar-refractivity contribution in [3.05, 3.63) is 155 Å². The molecule has 0 spiro atoms. The van der Waals surface area contributed by atoms with Crippen molar-refractivity contribution >= 4 is 52.3 Å². The van der Waals surface area contributed by atoms with E-state index < -0.39 is 35.0 Å². The van der Waals surface area contributed by atoms with Gasteiger partial charge in [-0.3, -0.25) is 24.1 Å². The first kappa shape index (κ1) is 31.0. The predicted molar refractivity (Wildman–Crippen MR) is 189 cm³/mol. The third-order valence-corrected chi connectivity index (χ3v) is 11.4. The smallest absolute Gasteiger partial charge is 0.238 e. The largest absolute Gasteiger partial charge is 0.508 e. The molecule has 242 valence electrons. The maximum absolute atomic E-state index is 15.1. The number of hydrogen-bond acceptors (Lipinski definition) is 5. The van der Waals surface area contributed by atoms with Crippen molar-refractivity contribution in [2.24, 2.45) is 23.7 Å². The lowest BCUT2D eigenvalue weighted by molar-refractivity contribution is -0.135. The summed E-state index contributed by atoms with van der Waals surface area (Å²) in [6.45, 7) is 3.80. The number of carbonyl (C=O) groups excluding carboxylic acids is 4. The molecule has 3 aliphatic carbocycles. The average molecular weight is 666 g/mol. The van der Waals surface area contributed by atoms with Gasteiger partial charge in [0.15, 0.2) is 11.6 Å². The quantitative estimate of drug-likeness (QED) is 0.174. The van der Waals surface area contributed by atoms with Gasteiger partial charge in [0.25, 0.3) is 0 Å². The van der Waals surface area contributed by atoms with Crippen LogP contribution in [0.15, 0.2) is 127 Å². The van der Waals surface area contributed by atoms with Crippen molar-refractivity contribution in [1.82, 2.24) is 0 Å². The molecule has 7 heteroatoms. The summed E-state index contributed by atoms with van der Waals surface area (Å²) in [4.78, 5) is 59.8. The molecule has 4 aromatic rings. The van der Waals surface area contributed by atoms with Gasteiger partial charge in [0.1, 0.15) is 5.75 Å². The lowest BCUT2D eigenvalue weighted by Crippen LogP contribution is -2.58. The molecular weight excluding hydrogens is 634 g/mol. The van der Waals surface area contributed by atoms with Crippen LogP contribution in [0.3, 0.4) is 0 Å². The average Bonchev–Trinajstić information content (AvgIpc) is 3.38. The number of carbonyl (C=O) groups is 4. The second kappa shape index (κ2) is 11.7. The number of ketones is 2. The third-order valence-electron chi connectivity index (χ3n) is 11.1.